The fourth-order valence-electron chi connectivity index (χ4n) is 1.49. The maximum Gasteiger partial charge on any atom is 0.140 e. The van der Waals surface area contributed by atoms with Gasteiger partial charge in [-0.2, -0.15) is 11.8 Å². The molecule has 1 aromatic carbocycles. The summed E-state index contributed by atoms with van der Waals surface area (Å²) in [6.07, 6.45) is 0. The van der Waals surface area contributed by atoms with E-state index in [4.69, 9.17) is 17.4 Å². The van der Waals surface area contributed by atoms with Crippen LogP contribution < -0.4 is 11.3 Å². The second-order valence-corrected chi connectivity index (χ2v) is 5.20. The van der Waals surface area contributed by atoms with Gasteiger partial charge in [-0.05, 0) is 29.8 Å². The number of anilines is 1. The number of nitrogens with one attached hydrogen (secondary N) is 1. The number of hydrogen-bond acceptors (Lipinski definition) is 4. The van der Waals surface area contributed by atoms with Crippen molar-refractivity contribution >= 4 is 29.2 Å². The lowest BCUT2D eigenvalue weighted by Crippen LogP contribution is -2.08. The molecule has 1 heterocycles. The highest BCUT2D eigenvalue weighted by molar-refractivity contribution is 7.97. The molecule has 0 spiro atoms. The molecular weight excluding hydrogens is 266 g/mol. The summed E-state index contributed by atoms with van der Waals surface area (Å²) in [5, 5.41) is 0.770. The molecule has 5 heteroatoms. The quantitative estimate of drug-likeness (QED) is 0.650. The Bertz CT molecular complexity index is 502. The second-order valence-electron chi connectivity index (χ2n) is 3.78. The van der Waals surface area contributed by atoms with E-state index in [1.165, 1.54) is 5.56 Å². The number of thioether (sulfide) groups is 1. The highest BCUT2D eigenvalue weighted by atomic mass is 35.5. The molecule has 3 nitrogen and oxygen atoms in total. The zero-order valence-corrected chi connectivity index (χ0v) is 11.3. The minimum Gasteiger partial charge on any atom is -0.308 e. The van der Waals surface area contributed by atoms with Crippen molar-refractivity contribution in [1.29, 1.82) is 0 Å². The number of aromatic nitrogens is 1. The van der Waals surface area contributed by atoms with Crippen molar-refractivity contribution in [2.45, 2.75) is 11.5 Å². The van der Waals surface area contributed by atoms with Crippen molar-refractivity contribution in [2.24, 2.45) is 5.84 Å². The Kier molecular flexibility index (Phi) is 4.87. The Balaban J connectivity index is 1.86. The molecule has 0 aliphatic rings. The molecule has 0 unspecified atom stereocenters. The third-order valence-electron chi connectivity index (χ3n) is 2.39. The van der Waals surface area contributed by atoms with Gasteiger partial charge in [-0.3, -0.25) is 0 Å². The summed E-state index contributed by atoms with van der Waals surface area (Å²) in [6, 6.07) is 13.7. The molecule has 0 atom stereocenters. The first kappa shape index (κ1) is 13.2. The third kappa shape index (κ3) is 3.91. The van der Waals surface area contributed by atoms with Crippen LogP contribution in [0.1, 0.15) is 11.3 Å². The van der Waals surface area contributed by atoms with E-state index in [-0.39, 0.29) is 0 Å². The standard InChI is InChI=1S/C13H14ClN3S/c14-11-6-4-10(5-7-11)8-18-9-12-2-1-3-13(16-12)17-15/h1-7H,8-9,15H2,(H,16,17). The molecule has 0 saturated carbocycles. The zero-order chi connectivity index (χ0) is 12.8. The Morgan fingerprint density at radius 1 is 1.11 bits per heavy atom. The van der Waals surface area contributed by atoms with E-state index in [0.717, 1.165) is 22.2 Å². The van der Waals surface area contributed by atoms with E-state index < -0.39 is 0 Å². The van der Waals surface area contributed by atoms with Gasteiger partial charge in [-0.1, -0.05) is 29.8 Å². The molecule has 3 N–H and O–H groups in total. The maximum atomic E-state index is 5.84. The van der Waals surface area contributed by atoms with E-state index >= 15 is 0 Å². The number of nitrogen functional groups attached to an aromatic ring is 1. The maximum absolute atomic E-state index is 5.84. The van der Waals surface area contributed by atoms with Gasteiger partial charge >= 0.3 is 0 Å². The fourth-order valence-corrected chi connectivity index (χ4v) is 2.52. The summed E-state index contributed by atoms with van der Waals surface area (Å²) in [4.78, 5) is 4.36. The van der Waals surface area contributed by atoms with Gasteiger partial charge in [0.2, 0.25) is 0 Å². The van der Waals surface area contributed by atoms with Gasteiger partial charge in [-0.15, -0.1) is 0 Å². The third-order valence-corrected chi connectivity index (χ3v) is 3.68. The number of halogens is 1. The molecule has 0 saturated heterocycles. The number of nitrogens with two attached hydrogens (primary N) is 1. The van der Waals surface area contributed by atoms with Gasteiger partial charge in [0.05, 0.1) is 5.69 Å². The summed E-state index contributed by atoms with van der Waals surface area (Å²) < 4.78 is 0. The van der Waals surface area contributed by atoms with Crippen molar-refractivity contribution in [3.63, 3.8) is 0 Å². The minimum absolute atomic E-state index is 0.694. The molecule has 1 aromatic heterocycles. The van der Waals surface area contributed by atoms with Crippen LogP contribution in [0.2, 0.25) is 5.02 Å². The summed E-state index contributed by atoms with van der Waals surface area (Å²) in [5.41, 5.74) is 4.83. The summed E-state index contributed by atoms with van der Waals surface area (Å²) in [5.74, 6) is 7.82. The summed E-state index contributed by atoms with van der Waals surface area (Å²) in [7, 11) is 0. The molecule has 2 aromatic rings. The molecule has 2 rings (SSSR count). The molecule has 94 valence electrons. The van der Waals surface area contributed by atoms with Crippen LogP contribution in [-0.4, -0.2) is 4.98 Å². The first-order valence-corrected chi connectivity index (χ1v) is 7.06. The molecule has 0 aliphatic heterocycles. The van der Waals surface area contributed by atoms with Crippen molar-refractivity contribution in [1.82, 2.24) is 4.98 Å². The molecule has 18 heavy (non-hydrogen) atoms. The Morgan fingerprint density at radius 2 is 1.89 bits per heavy atom. The first-order valence-electron chi connectivity index (χ1n) is 5.52. The van der Waals surface area contributed by atoms with E-state index in [1.807, 2.05) is 54.2 Å². The highest BCUT2D eigenvalue weighted by Gasteiger charge is 1.98. The zero-order valence-electron chi connectivity index (χ0n) is 9.77. The molecule has 0 amide bonds. The SMILES string of the molecule is NNc1cccc(CSCc2ccc(Cl)cc2)n1. The van der Waals surface area contributed by atoms with Crippen LogP contribution in [-0.2, 0) is 11.5 Å². The van der Waals surface area contributed by atoms with Gasteiger partial charge in [-0.25, -0.2) is 10.8 Å². The van der Waals surface area contributed by atoms with Crippen molar-refractivity contribution < 1.29 is 0 Å². The van der Waals surface area contributed by atoms with Crippen LogP contribution >= 0.6 is 23.4 Å². The predicted octanol–water partition coefficient (Wildman–Crippen LogP) is 3.45. The predicted molar refractivity (Wildman–Crippen MR) is 78.5 cm³/mol. The van der Waals surface area contributed by atoms with E-state index in [1.54, 1.807) is 0 Å². The number of rotatable bonds is 5. The van der Waals surface area contributed by atoms with Gasteiger partial charge in [0.25, 0.3) is 0 Å². The van der Waals surface area contributed by atoms with E-state index in [9.17, 15) is 0 Å². The monoisotopic (exact) mass is 279 g/mol. The van der Waals surface area contributed by atoms with Crippen LogP contribution in [0.15, 0.2) is 42.5 Å². The molecule has 0 fully saturated rings. The van der Waals surface area contributed by atoms with E-state index in [0.29, 0.717) is 5.82 Å². The number of nitrogens with zero attached hydrogens (tertiary/aromatic N) is 1. The Morgan fingerprint density at radius 3 is 2.61 bits per heavy atom. The average Bonchev–Trinajstić information content (AvgIpc) is 2.41. The van der Waals surface area contributed by atoms with Crippen molar-refractivity contribution in [2.75, 3.05) is 5.43 Å². The normalized spacial score (nSPS) is 10.3. The van der Waals surface area contributed by atoms with Gasteiger partial charge in [0.1, 0.15) is 5.82 Å². The topological polar surface area (TPSA) is 50.9 Å². The second kappa shape index (κ2) is 6.64. The van der Waals surface area contributed by atoms with Crippen molar-refractivity contribution in [3.05, 3.63) is 58.7 Å². The Labute approximate surface area is 116 Å². The molecular formula is C13H14ClN3S. The number of hydrazine groups is 1. The average molecular weight is 280 g/mol. The highest BCUT2D eigenvalue weighted by Crippen LogP contribution is 2.19. The smallest absolute Gasteiger partial charge is 0.140 e. The number of hydrogen-bond donors (Lipinski definition) is 2. The molecule has 0 radical (unpaired) electrons. The summed E-state index contributed by atoms with van der Waals surface area (Å²) >= 11 is 7.65. The first-order chi connectivity index (χ1) is 8.78. The lowest BCUT2D eigenvalue weighted by atomic mass is 10.2. The van der Waals surface area contributed by atoms with Gasteiger partial charge < -0.3 is 5.43 Å². The van der Waals surface area contributed by atoms with Gasteiger partial charge in [0.15, 0.2) is 0 Å². The van der Waals surface area contributed by atoms with Crippen LogP contribution in [0.5, 0.6) is 0 Å². The number of benzene rings is 1. The fraction of sp³-hybridized carbons (Fsp3) is 0.154. The Hall–Kier alpha value is -1.23. The minimum atomic E-state index is 0.694. The lowest BCUT2D eigenvalue weighted by molar-refractivity contribution is 1.14. The van der Waals surface area contributed by atoms with E-state index in [2.05, 4.69) is 10.4 Å². The van der Waals surface area contributed by atoms with Crippen molar-refractivity contribution in [3.8, 4) is 0 Å². The van der Waals surface area contributed by atoms with Crippen LogP contribution in [0.3, 0.4) is 0 Å². The largest absolute Gasteiger partial charge is 0.308 e. The molecule has 0 aliphatic carbocycles. The van der Waals surface area contributed by atoms with Crippen LogP contribution in [0, 0.1) is 0 Å². The van der Waals surface area contributed by atoms with Crippen LogP contribution in [0.4, 0.5) is 5.82 Å². The lowest BCUT2D eigenvalue weighted by Gasteiger charge is -2.04. The summed E-state index contributed by atoms with van der Waals surface area (Å²) in [6.45, 7) is 0. The van der Waals surface area contributed by atoms with Gasteiger partial charge in [0, 0.05) is 16.5 Å². The number of pyridine rings is 1. The molecule has 0 bridgehead atoms. The van der Waals surface area contributed by atoms with Crippen LogP contribution in [0.25, 0.3) is 0 Å².